The molecule has 0 heterocycles. The normalized spacial score (nSPS) is 15.2. The molecule has 2 atom stereocenters. The molecule has 0 radical (unpaired) electrons. The summed E-state index contributed by atoms with van der Waals surface area (Å²) in [6.07, 6.45) is -18.2. The second kappa shape index (κ2) is 20.1. The maximum atomic E-state index is 13.8. The van der Waals surface area contributed by atoms with E-state index in [2.05, 4.69) is 14.2 Å². The van der Waals surface area contributed by atoms with Gasteiger partial charge in [-0.1, -0.05) is 12.8 Å². The zero-order valence-corrected chi connectivity index (χ0v) is 23.3. The molecule has 9 nitrogen and oxygen atoms in total. The van der Waals surface area contributed by atoms with E-state index >= 15 is 0 Å². The number of unbranched alkanes of at least 4 members (excludes halogenated alkanes) is 2. The average molecular weight is 663 g/mol. The van der Waals surface area contributed by atoms with Crippen LogP contribution < -0.4 is 0 Å². The Hall–Kier alpha value is -1.06. The first-order chi connectivity index (χ1) is 19.7. The van der Waals surface area contributed by atoms with Crippen LogP contribution >= 0.6 is 0 Å². The van der Waals surface area contributed by atoms with Gasteiger partial charge < -0.3 is 39.4 Å². The molecule has 0 aromatic heterocycles. The standard InChI is InChI=1S/C24H40F10O9/c25-20(26,5-8-39-11-19(38)12-40-9-7-36)15-42-17-22(29,30)14-24(33,34)43-23(31,32)13-21(27,28)16-41-10-18(37)4-2-1-3-6-35/h18-19,35-38H,1-17H2. The van der Waals surface area contributed by atoms with Crippen molar-refractivity contribution in [3.63, 3.8) is 0 Å². The number of ether oxygens (including phenoxy) is 5. The first-order valence-corrected chi connectivity index (χ1v) is 13.2. The first-order valence-electron chi connectivity index (χ1n) is 13.2. The summed E-state index contributed by atoms with van der Waals surface area (Å²) in [7, 11) is 0. The van der Waals surface area contributed by atoms with Gasteiger partial charge in [0.25, 0.3) is 17.8 Å². The Bertz CT molecular complexity index is 721. The molecule has 260 valence electrons. The summed E-state index contributed by atoms with van der Waals surface area (Å²) in [6, 6.07) is 0. The van der Waals surface area contributed by atoms with Crippen LogP contribution in [-0.4, -0.2) is 129 Å². The zero-order chi connectivity index (χ0) is 33.2. The van der Waals surface area contributed by atoms with Crippen LogP contribution in [0, 0.1) is 0 Å². The molecule has 4 N–H and O–H groups in total. The van der Waals surface area contributed by atoms with Crippen LogP contribution in [0.5, 0.6) is 0 Å². The van der Waals surface area contributed by atoms with E-state index in [4.69, 9.17) is 19.7 Å². The molecule has 2 unspecified atom stereocenters. The number of aliphatic hydroxyl groups is 4. The molecule has 0 aliphatic rings. The number of hydrogen-bond acceptors (Lipinski definition) is 9. The fraction of sp³-hybridized carbons (Fsp3) is 1.00. The van der Waals surface area contributed by atoms with Crippen molar-refractivity contribution in [1.29, 1.82) is 0 Å². The fourth-order valence-electron chi connectivity index (χ4n) is 3.29. The van der Waals surface area contributed by atoms with Crippen molar-refractivity contribution in [2.75, 3.05) is 66.1 Å². The molecule has 0 rings (SSSR count). The molecule has 0 amide bonds. The number of aliphatic hydroxyl groups excluding tert-OH is 4. The van der Waals surface area contributed by atoms with Crippen LogP contribution in [0.3, 0.4) is 0 Å². The van der Waals surface area contributed by atoms with Gasteiger partial charge >= 0.3 is 12.2 Å². The van der Waals surface area contributed by atoms with E-state index < -0.39 is 101 Å². The Labute approximate surface area is 242 Å². The van der Waals surface area contributed by atoms with Crippen molar-refractivity contribution in [3.05, 3.63) is 0 Å². The summed E-state index contributed by atoms with van der Waals surface area (Å²) in [5, 5.41) is 36.2. The Balaban J connectivity index is 4.54. The van der Waals surface area contributed by atoms with Gasteiger partial charge in [0, 0.05) is 13.0 Å². The SMILES string of the molecule is OCCCCCC(O)COCC(F)(F)CC(F)(F)OC(F)(F)CC(F)(F)COCC(F)(F)CCOCC(O)COCCO. The summed E-state index contributed by atoms with van der Waals surface area (Å²) in [4.78, 5) is 0. The molecule has 0 aromatic carbocycles. The Morgan fingerprint density at radius 3 is 1.53 bits per heavy atom. The van der Waals surface area contributed by atoms with Gasteiger partial charge in [0.2, 0.25) is 0 Å². The smallest absolute Gasteiger partial charge is 0.366 e. The number of hydrogen-bond donors (Lipinski definition) is 4. The van der Waals surface area contributed by atoms with Gasteiger partial charge in [-0.15, -0.1) is 0 Å². The third-order valence-corrected chi connectivity index (χ3v) is 5.14. The van der Waals surface area contributed by atoms with E-state index in [9.17, 15) is 54.1 Å². The second-order valence-electron chi connectivity index (χ2n) is 9.81. The lowest BCUT2D eigenvalue weighted by atomic mass is 10.1. The highest BCUT2D eigenvalue weighted by Crippen LogP contribution is 2.40. The number of rotatable bonds is 28. The van der Waals surface area contributed by atoms with E-state index in [0.29, 0.717) is 19.3 Å². The van der Waals surface area contributed by atoms with Crippen LogP contribution in [0.4, 0.5) is 43.9 Å². The van der Waals surface area contributed by atoms with E-state index in [0.717, 1.165) is 0 Å². The van der Waals surface area contributed by atoms with Crippen molar-refractivity contribution in [2.45, 2.75) is 87.1 Å². The largest absolute Gasteiger partial charge is 0.396 e. The third kappa shape index (κ3) is 23.9. The van der Waals surface area contributed by atoms with Gasteiger partial charge in [0.15, 0.2) is 0 Å². The summed E-state index contributed by atoms with van der Waals surface area (Å²) in [5.74, 6) is -12.9. The van der Waals surface area contributed by atoms with Crippen LogP contribution in [0.2, 0.25) is 0 Å². The molecule has 43 heavy (non-hydrogen) atoms. The van der Waals surface area contributed by atoms with Gasteiger partial charge in [-0.05, 0) is 12.8 Å². The quantitative estimate of drug-likeness (QED) is 0.0735. The minimum absolute atomic E-state index is 0.0794. The van der Waals surface area contributed by atoms with E-state index in [1.807, 2.05) is 0 Å². The third-order valence-electron chi connectivity index (χ3n) is 5.14. The second-order valence-corrected chi connectivity index (χ2v) is 9.81. The molecule has 19 heteroatoms. The first kappa shape index (κ1) is 41.9. The van der Waals surface area contributed by atoms with Crippen molar-refractivity contribution >= 4 is 0 Å². The topological polar surface area (TPSA) is 127 Å². The van der Waals surface area contributed by atoms with Crippen LogP contribution in [0.1, 0.15) is 44.9 Å². The molecular weight excluding hydrogens is 622 g/mol. The van der Waals surface area contributed by atoms with Crippen molar-refractivity contribution in [1.82, 2.24) is 0 Å². The van der Waals surface area contributed by atoms with Gasteiger partial charge in [-0.3, -0.25) is 4.74 Å². The van der Waals surface area contributed by atoms with E-state index in [1.165, 1.54) is 0 Å². The highest BCUT2D eigenvalue weighted by atomic mass is 19.3. The molecule has 0 aliphatic heterocycles. The lowest BCUT2D eigenvalue weighted by Gasteiger charge is -2.29. The van der Waals surface area contributed by atoms with E-state index in [1.54, 1.807) is 0 Å². The maximum Gasteiger partial charge on any atom is 0.366 e. The minimum atomic E-state index is -5.38. The summed E-state index contributed by atoms with van der Waals surface area (Å²) in [6.45, 7) is -8.03. The predicted octanol–water partition coefficient (Wildman–Crippen LogP) is 3.60. The Morgan fingerprint density at radius 1 is 0.512 bits per heavy atom. The molecule has 0 bridgehead atoms. The lowest BCUT2D eigenvalue weighted by molar-refractivity contribution is -0.398. The monoisotopic (exact) mass is 662 g/mol. The Morgan fingerprint density at radius 2 is 1.00 bits per heavy atom. The molecule has 0 aliphatic carbocycles. The van der Waals surface area contributed by atoms with Crippen molar-refractivity contribution in [2.24, 2.45) is 0 Å². The minimum Gasteiger partial charge on any atom is -0.396 e. The van der Waals surface area contributed by atoms with Crippen molar-refractivity contribution < 1.29 is 88.0 Å². The highest BCUT2D eigenvalue weighted by molar-refractivity contribution is 4.77. The fourth-order valence-corrected chi connectivity index (χ4v) is 3.29. The lowest BCUT2D eigenvalue weighted by Crippen LogP contribution is -2.43. The molecular formula is C24H40F10O9. The summed E-state index contributed by atoms with van der Waals surface area (Å²) in [5.41, 5.74) is 0. The van der Waals surface area contributed by atoms with Crippen molar-refractivity contribution in [3.8, 4) is 0 Å². The van der Waals surface area contributed by atoms with Crippen LogP contribution in [-0.2, 0) is 23.7 Å². The molecule has 0 aromatic rings. The van der Waals surface area contributed by atoms with Crippen LogP contribution in [0.25, 0.3) is 0 Å². The van der Waals surface area contributed by atoms with E-state index in [-0.39, 0.29) is 32.8 Å². The van der Waals surface area contributed by atoms with Gasteiger partial charge in [-0.25, -0.2) is 26.3 Å². The number of alkyl halides is 10. The van der Waals surface area contributed by atoms with Gasteiger partial charge in [-0.2, -0.15) is 17.6 Å². The molecule has 0 spiro atoms. The Kier molecular flexibility index (Phi) is 19.6. The molecule has 0 saturated heterocycles. The maximum absolute atomic E-state index is 13.8. The van der Waals surface area contributed by atoms with Gasteiger partial charge in [0.05, 0.1) is 45.7 Å². The highest BCUT2D eigenvalue weighted by Gasteiger charge is 2.54. The molecule has 0 saturated carbocycles. The average Bonchev–Trinajstić information content (AvgIpc) is 2.82. The number of halogens is 10. The summed E-state index contributed by atoms with van der Waals surface area (Å²) >= 11 is 0. The predicted molar refractivity (Wildman–Crippen MR) is 128 cm³/mol. The van der Waals surface area contributed by atoms with Gasteiger partial charge in [0.1, 0.15) is 38.8 Å². The summed E-state index contributed by atoms with van der Waals surface area (Å²) < 4.78 is 159. The zero-order valence-electron chi connectivity index (χ0n) is 23.3. The van der Waals surface area contributed by atoms with Crippen LogP contribution in [0.15, 0.2) is 0 Å². The molecule has 0 fully saturated rings.